The highest BCUT2D eigenvalue weighted by atomic mass is 16.5. The molecule has 0 aromatic heterocycles. The Labute approximate surface area is 148 Å². The van der Waals surface area contributed by atoms with E-state index < -0.39 is 5.97 Å². The van der Waals surface area contributed by atoms with Crippen LogP contribution in [0.2, 0.25) is 0 Å². The summed E-state index contributed by atoms with van der Waals surface area (Å²) in [6, 6.07) is 16.0. The third kappa shape index (κ3) is 6.52. The first-order chi connectivity index (χ1) is 12.2. The minimum Gasteiger partial charge on any atom is -0.494 e. The number of esters is 1. The molecule has 0 saturated heterocycles. The van der Waals surface area contributed by atoms with Crippen LogP contribution in [0.25, 0.3) is 6.08 Å². The number of benzene rings is 2. The largest absolute Gasteiger partial charge is 0.494 e. The maximum Gasteiger partial charge on any atom is 0.336 e. The van der Waals surface area contributed by atoms with Gasteiger partial charge in [0.15, 0.2) is 0 Å². The van der Waals surface area contributed by atoms with E-state index in [1.54, 1.807) is 30.3 Å². The Bertz CT molecular complexity index is 740. The molecule has 0 radical (unpaired) electrons. The van der Waals surface area contributed by atoms with Crippen molar-refractivity contribution in [3.05, 3.63) is 65.7 Å². The lowest BCUT2D eigenvalue weighted by Crippen LogP contribution is -2.03. The van der Waals surface area contributed by atoms with Crippen molar-refractivity contribution in [3.8, 4) is 17.6 Å². The lowest BCUT2D eigenvalue weighted by Gasteiger charge is -2.05. The number of hydrogen-bond acceptors (Lipinski definition) is 4. The van der Waals surface area contributed by atoms with Crippen LogP contribution in [0.1, 0.15) is 37.3 Å². The maximum atomic E-state index is 11.8. The average molecular weight is 335 g/mol. The Hall–Kier alpha value is -3.06. The first-order valence-corrected chi connectivity index (χ1v) is 8.34. The Morgan fingerprint density at radius 1 is 1.04 bits per heavy atom. The van der Waals surface area contributed by atoms with Crippen molar-refractivity contribution in [3.63, 3.8) is 0 Å². The van der Waals surface area contributed by atoms with Crippen molar-refractivity contribution in [1.82, 2.24) is 0 Å². The summed E-state index contributed by atoms with van der Waals surface area (Å²) in [6.45, 7) is 2.88. The number of carbonyl (C=O) groups is 1. The number of rotatable bonds is 8. The molecule has 0 bridgehead atoms. The van der Waals surface area contributed by atoms with Crippen molar-refractivity contribution in [1.29, 1.82) is 5.26 Å². The number of carbonyl (C=O) groups excluding carboxylic acids is 1. The molecule has 0 unspecified atom stereocenters. The van der Waals surface area contributed by atoms with Crippen LogP contribution < -0.4 is 9.47 Å². The highest BCUT2D eigenvalue weighted by Crippen LogP contribution is 2.15. The van der Waals surface area contributed by atoms with E-state index in [1.165, 1.54) is 18.9 Å². The molecule has 128 valence electrons. The van der Waals surface area contributed by atoms with Crippen LogP contribution >= 0.6 is 0 Å². The van der Waals surface area contributed by atoms with Crippen molar-refractivity contribution in [2.75, 3.05) is 6.61 Å². The minimum atomic E-state index is -0.468. The molecular formula is C21H21NO3. The summed E-state index contributed by atoms with van der Waals surface area (Å²) >= 11 is 0. The van der Waals surface area contributed by atoms with E-state index in [1.807, 2.05) is 30.3 Å². The van der Waals surface area contributed by atoms with Crippen LogP contribution in [0.15, 0.2) is 54.6 Å². The Kier molecular flexibility index (Phi) is 7.27. The molecule has 0 atom stereocenters. The average Bonchev–Trinajstić information content (AvgIpc) is 2.65. The highest BCUT2D eigenvalue weighted by molar-refractivity contribution is 5.88. The van der Waals surface area contributed by atoms with Gasteiger partial charge in [-0.3, -0.25) is 0 Å². The summed E-state index contributed by atoms with van der Waals surface area (Å²) in [4.78, 5) is 11.8. The van der Waals surface area contributed by atoms with Crippen molar-refractivity contribution < 1.29 is 14.3 Å². The molecule has 2 aromatic rings. The fraction of sp³-hybridized carbons (Fsp3) is 0.238. The molecule has 4 heteroatoms. The van der Waals surface area contributed by atoms with Gasteiger partial charge in [0.05, 0.1) is 18.2 Å². The fourth-order valence-electron chi connectivity index (χ4n) is 2.13. The Balaban J connectivity index is 1.83. The Morgan fingerprint density at radius 3 is 2.36 bits per heavy atom. The SMILES string of the molecule is CCCCCOc1ccc(/C=C/C(=O)Oc2ccc(C#N)cc2)cc1. The van der Waals surface area contributed by atoms with Gasteiger partial charge in [-0.2, -0.15) is 5.26 Å². The molecule has 4 nitrogen and oxygen atoms in total. The van der Waals surface area contributed by atoms with Gasteiger partial charge in [0.25, 0.3) is 0 Å². The lowest BCUT2D eigenvalue weighted by atomic mass is 10.2. The number of ether oxygens (including phenoxy) is 2. The number of nitrogens with zero attached hydrogens (tertiary/aromatic N) is 1. The first-order valence-electron chi connectivity index (χ1n) is 8.34. The van der Waals surface area contributed by atoms with Gasteiger partial charge in [-0.05, 0) is 54.5 Å². The maximum absolute atomic E-state index is 11.8. The molecule has 0 amide bonds. The van der Waals surface area contributed by atoms with Crippen LogP contribution in [0, 0.1) is 11.3 Å². The summed E-state index contributed by atoms with van der Waals surface area (Å²) in [5.74, 6) is 0.766. The van der Waals surface area contributed by atoms with Crippen LogP contribution in [0.5, 0.6) is 11.5 Å². The first kappa shape index (κ1) is 18.3. The quantitative estimate of drug-likeness (QED) is 0.302. The third-order valence-corrected chi connectivity index (χ3v) is 3.51. The zero-order chi connectivity index (χ0) is 17.9. The summed E-state index contributed by atoms with van der Waals surface area (Å²) < 4.78 is 10.8. The molecule has 25 heavy (non-hydrogen) atoms. The van der Waals surface area contributed by atoms with Crippen molar-refractivity contribution in [2.24, 2.45) is 0 Å². The summed E-state index contributed by atoms with van der Waals surface area (Å²) in [5, 5.41) is 8.73. The molecule has 0 fully saturated rings. The van der Waals surface area contributed by atoms with Gasteiger partial charge in [-0.25, -0.2) is 4.79 Å². The smallest absolute Gasteiger partial charge is 0.336 e. The Morgan fingerprint density at radius 2 is 1.72 bits per heavy atom. The van der Waals surface area contributed by atoms with Crippen LogP contribution in [-0.4, -0.2) is 12.6 Å². The third-order valence-electron chi connectivity index (χ3n) is 3.51. The molecule has 0 heterocycles. The van der Waals surface area contributed by atoms with E-state index in [0.29, 0.717) is 11.3 Å². The number of hydrogen-bond donors (Lipinski definition) is 0. The van der Waals surface area contributed by atoms with E-state index in [4.69, 9.17) is 14.7 Å². The summed E-state index contributed by atoms with van der Waals surface area (Å²) in [5.41, 5.74) is 1.41. The van der Waals surface area contributed by atoms with E-state index in [9.17, 15) is 4.79 Å². The second-order valence-corrected chi connectivity index (χ2v) is 5.52. The predicted octanol–water partition coefficient (Wildman–Crippen LogP) is 4.75. The number of unbranched alkanes of at least 4 members (excludes halogenated alkanes) is 2. The van der Waals surface area contributed by atoms with Gasteiger partial charge < -0.3 is 9.47 Å². The predicted molar refractivity (Wildman–Crippen MR) is 97.3 cm³/mol. The molecule has 2 rings (SSSR count). The monoisotopic (exact) mass is 335 g/mol. The van der Waals surface area contributed by atoms with Gasteiger partial charge >= 0.3 is 5.97 Å². The van der Waals surface area contributed by atoms with Crippen molar-refractivity contribution in [2.45, 2.75) is 26.2 Å². The highest BCUT2D eigenvalue weighted by Gasteiger charge is 2.01. The van der Waals surface area contributed by atoms with Gasteiger partial charge in [-0.1, -0.05) is 31.9 Å². The van der Waals surface area contributed by atoms with E-state index in [0.717, 1.165) is 24.3 Å². The van der Waals surface area contributed by atoms with Crippen LogP contribution in [0.3, 0.4) is 0 Å². The lowest BCUT2D eigenvalue weighted by molar-refractivity contribution is -0.128. The van der Waals surface area contributed by atoms with Gasteiger partial charge in [0.1, 0.15) is 11.5 Å². The molecule has 0 aliphatic rings. The second-order valence-electron chi connectivity index (χ2n) is 5.52. The number of nitriles is 1. The van der Waals surface area contributed by atoms with Crippen molar-refractivity contribution >= 4 is 12.0 Å². The topological polar surface area (TPSA) is 59.3 Å². The summed E-state index contributed by atoms with van der Waals surface area (Å²) in [6.07, 6.45) is 6.45. The van der Waals surface area contributed by atoms with Gasteiger partial charge in [-0.15, -0.1) is 0 Å². The molecule has 0 spiro atoms. The standard InChI is InChI=1S/C21H21NO3/c1-2-3-4-15-24-19-10-5-17(6-11-19)9-14-21(23)25-20-12-7-18(16-22)8-13-20/h5-14H,2-4,15H2,1H3/b14-9+. The summed E-state index contributed by atoms with van der Waals surface area (Å²) in [7, 11) is 0. The molecule has 0 saturated carbocycles. The second kappa shape index (κ2) is 9.94. The normalized spacial score (nSPS) is 10.4. The van der Waals surface area contributed by atoms with Gasteiger partial charge in [0, 0.05) is 6.08 Å². The fourth-order valence-corrected chi connectivity index (χ4v) is 2.13. The van der Waals surface area contributed by atoms with Crippen LogP contribution in [0.4, 0.5) is 0 Å². The molecule has 0 aliphatic carbocycles. The van der Waals surface area contributed by atoms with E-state index >= 15 is 0 Å². The molecular weight excluding hydrogens is 314 g/mol. The minimum absolute atomic E-state index is 0.407. The molecule has 2 aromatic carbocycles. The van der Waals surface area contributed by atoms with Gasteiger partial charge in [0.2, 0.25) is 0 Å². The zero-order valence-corrected chi connectivity index (χ0v) is 14.3. The molecule has 0 aliphatic heterocycles. The zero-order valence-electron chi connectivity index (χ0n) is 14.3. The molecule has 0 N–H and O–H groups in total. The van der Waals surface area contributed by atoms with Crippen LogP contribution in [-0.2, 0) is 4.79 Å². The van der Waals surface area contributed by atoms with E-state index in [2.05, 4.69) is 6.92 Å². The van der Waals surface area contributed by atoms with E-state index in [-0.39, 0.29) is 0 Å².